The first-order chi connectivity index (χ1) is 9.61. The number of benzene rings is 1. The van der Waals surface area contributed by atoms with E-state index in [0.29, 0.717) is 16.8 Å². The third-order valence-corrected chi connectivity index (χ3v) is 3.34. The number of nitriles is 1. The molecule has 0 amide bonds. The van der Waals surface area contributed by atoms with Gasteiger partial charge in [-0.2, -0.15) is 5.26 Å². The van der Waals surface area contributed by atoms with Gasteiger partial charge in [0.05, 0.1) is 34.6 Å². The van der Waals surface area contributed by atoms with Crippen LogP contribution in [0.5, 0.6) is 0 Å². The second-order valence-corrected chi connectivity index (χ2v) is 4.65. The zero-order valence-corrected chi connectivity index (χ0v) is 11.2. The van der Waals surface area contributed by atoms with E-state index < -0.39 is 0 Å². The number of aryl methyl sites for hydroxylation is 2. The summed E-state index contributed by atoms with van der Waals surface area (Å²) in [6, 6.07) is 11.0. The van der Waals surface area contributed by atoms with E-state index in [1.165, 1.54) is 0 Å². The Bertz CT molecular complexity index is 894. The summed E-state index contributed by atoms with van der Waals surface area (Å²) in [6.45, 7) is 1.89. The number of fused-ring (bicyclic) bond motifs is 1. The molecule has 0 spiro atoms. The van der Waals surface area contributed by atoms with Gasteiger partial charge >= 0.3 is 5.69 Å². The molecule has 20 heavy (non-hydrogen) atoms. The highest BCUT2D eigenvalue weighted by Crippen LogP contribution is 2.18. The lowest BCUT2D eigenvalue weighted by Crippen LogP contribution is -2.20. The van der Waals surface area contributed by atoms with Gasteiger partial charge in [0.25, 0.3) is 0 Å². The Morgan fingerprint density at radius 1 is 1.20 bits per heavy atom. The van der Waals surface area contributed by atoms with Gasteiger partial charge in [-0.25, -0.2) is 4.79 Å². The minimum absolute atomic E-state index is 0.152. The summed E-state index contributed by atoms with van der Waals surface area (Å²) in [5.41, 5.74) is 3.45. The van der Waals surface area contributed by atoms with Gasteiger partial charge in [0, 0.05) is 12.7 Å². The van der Waals surface area contributed by atoms with Gasteiger partial charge in [0.1, 0.15) is 0 Å². The normalized spacial score (nSPS) is 10.7. The van der Waals surface area contributed by atoms with E-state index in [2.05, 4.69) is 11.1 Å². The molecule has 0 radical (unpaired) electrons. The molecule has 0 aliphatic rings. The SMILES string of the molecule is Cc1ccc(-n2c(=O)n(C)c3ccc(C#N)cc32)cn1. The predicted molar refractivity (Wildman–Crippen MR) is 75.8 cm³/mol. The molecule has 3 rings (SSSR count). The summed E-state index contributed by atoms with van der Waals surface area (Å²) in [6.07, 6.45) is 1.66. The highest BCUT2D eigenvalue weighted by atomic mass is 16.1. The summed E-state index contributed by atoms with van der Waals surface area (Å²) < 4.78 is 3.14. The van der Waals surface area contributed by atoms with E-state index in [0.717, 1.165) is 11.2 Å². The Morgan fingerprint density at radius 2 is 2.00 bits per heavy atom. The quantitative estimate of drug-likeness (QED) is 0.674. The zero-order valence-electron chi connectivity index (χ0n) is 11.2. The lowest BCUT2D eigenvalue weighted by molar-refractivity contribution is 0.843. The first kappa shape index (κ1) is 12.2. The number of nitrogens with zero attached hydrogens (tertiary/aromatic N) is 4. The Kier molecular flexibility index (Phi) is 2.65. The van der Waals surface area contributed by atoms with E-state index in [9.17, 15) is 4.79 Å². The standard InChI is InChI=1S/C15H12N4O/c1-10-3-5-12(9-17-10)19-14-7-11(8-16)4-6-13(14)18(2)15(19)20/h3-7,9H,1-2H3. The van der Waals surface area contributed by atoms with Crippen LogP contribution in [0.15, 0.2) is 41.3 Å². The van der Waals surface area contributed by atoms with E-state index in [4.69, 9.17) is 5.26 Å². The molecule has 5 nitrogen and oxygen atoms in total. The number of hydrogen-bond acceptors (Lipinski definition) is 3. The molecule has 5 heteroatoms. The summed E-state index contributed by atoms with van der Waals surface area (Å²) in [4.78, 5) is 16.6. The van der Waals surface area contributed by atoms with Crippen molar-refractivity contribution in [3.63, 3.8) is 0 Å². The lowest BCUT2D eigenvalue weighted by Gasteiger charge is -2.03. The molecule has 0 aliphatic heterocycles. The molecule has 0 N–H and O–H groups in total. The third-order valence-electron chi connectivity index (χ3n) is 3.34. The van der Waals surface area contributed by atoms with Crippen LogP contribution in [0.1, 0.15) is 11.3 Å². The Labute approximate surface area is 115 Å². The van der Waals surface area contributed by atoms with Crippen molar-refractivity contribution in [1.82, 2.24) is 14.1 Å². The number of pyridine rings is 1. The van der Waals surface area contributed by atoms with E-state index in [-0.39, 0.29) is 5.69 Å². The van der Waals surface area contributed by atoms with Crippen molar-refractivity contribution in [1.29, 1.82) is 5.26 Å². The van der Waals surface area contributed by atoms with Crippen molar-refractivity contribution in [2.24, 2.45) is 7.05 Å². The average molecular weight is 264 g/mol. The fourth-order valence-corrected chi connectivity index (χ4v) is 2.25. The third kappa shape index (κ3) is 1.70. The van der Waals surface area contributed by atoms with Gasteiger partial charge < -0.3 is 0 Å². The van der Waals surface area contributed by atoms with E-state index >= 15 is 0 Å². The minimum Gasteiger partial charge on any atom is -0.295 e. The van der Waals surface area contributed by atoms with Gasteiger partial charge in [0.15, 0.2) is 0 Å². The maximum absolute atomic E-state index is 12.4. The molecule has 0 bridgehead atoms. The van der Waals surface area contributed by atoms with Gasteiger partial charge in [-0.1, -0.05) is 0 Å². The summed E-state index contributed by atoms with van der Waals surface area (Å²) >= 11 is 0. The van der Waals surface area contributed by atoms with Gasteiger partial charge in [0.2, 0.25) is 0 Å². The molecule has 2 heterocycles. The van der Waals surface area contributed by atoms with Crippen LogP contribution in [-0.2, 0) is 7.05 Å². The minimum atomic E-state index is -0.152. The van der Waals surface area contributed by atoms with Crippen LogP contribution in [-0.4, -0.2) is 14.1 Å². The number of aromatic nitrogens is 3. The van der Waals surface area contributed by atoms with Crippen molar-refractivity contribution < 1.29 is 0 Å². The second-order valence-electron chi connectivity index (χ2n) is 4.65. The molecular weight excluding hydrogens is 252 g/mol. The van der Waals surface area contributed by atoms with Crippen molar-refractivity contribution in [3.8, 4) is 11.8 Å². The average Bonchev–Trinajstić information content (AvgIpc) is 2.72. The highest BCUT2D eigenvalue weighted by molar-refractivity contribution is 5.79. The van der Waals surface area contributed by atoms with Crippen LogP contribution >= 0.6 is 0 Å². The van der Waals surface area contributed by atoms with Crippen LogP contribution in [0.25, 0.3) is 16.7 Å². The highest BCUT2D eigenvalue weighted by Gasteiger charge is 2.12. The van der Waals surface area contributed by atoms with Crippen LogP contribution in [0, 0.1) is 18.3 Å². The van der Waals surface area contributed by atoms with Gasteiger partial charge in [-0.05, 0) is 37.3 Å². The lowest BCUT2D eigenvalue weighted by atomic mass is 10.2. The molecule has 3 aromatic rings. The maximum atomic E-state index is 12.4. The molecule has 0 unspecified atom stereocenters. The van der Waals surface area contributed by atoms with Gasteiger partial charge in [-0.15, -0.1) is 0 Å². The molecule has 0 atom stereocenters. The van der Waals surface area contributed by atoms with Crippen molar-refractivity contribution >= 4 is 11.0 Å². The zero-order chi connectivity index (χ0) is 14.3. The second kappa shape index (κ2) is 4.35. The van der Waals surface area contributed by atoms with E-state index in [1.54, 1.807) is 40.6 Å². The van der Waals surface area contributed by atoms with Crippen LogP contribution < -0.4 is 5.69 Å². The molecular formula is C15H12N4O. The Balaban J connectivity index is 2.40. The van der Waals surface area contributed by atoms with Crippen molar-refractivity contribution in [2.75, 3.05) is 0 Å². The molecule has 1 aromatic carbocycles. The smallest absolute Gasteiger partial charge is 0.295 e. The fraction of sp³-hybridized carbons (Fsp3) is 0.133. The van der Waals surface area contributed by atoms with Gasteiger partial charge in [-0.3, -0.25) is 14.1 Å². The first-order valence-corrected chi connectivity index (χ1v) is 6.16. The van der Waals surface area contributed by atoms with Crippen molar-refractivity contribution in [2.45, 2.75) is 6.92 Å². The molecule has 0 saturated carbocycles. The number of hydrogen-bond donors (Lipinski definition) is 0. The maximum Gasteiger partial charge on any atom is 0.333 e. The van der Waals surface area contributed by atoms with Crippen LogP contribution in [0.2, 0.25) is 0 Å². The van der Waals surface area contributed by atoms with E-state index in [1.807, 2.05) is 19.1 Å². The Hall–Kier alpha value is -2.87. The number of imidazole rings is 1. The number of rotatable bonds is 1. The summed E-state index contributed by atoms with van der Waals surface area (Å²) in [5, 5.41) is 9.01. The molecule has 98 valence electrons. The Morgan fingerprint density at radius 3 is 2.65 bits per heavy atom. The molecule has 0 fully saturated rings. The van der Waals surface area contributed by atoms with Crippen LogP contribution in [0.3, 0.4) is 0 Å². The fourth-order valence-electron chi connectivity index (χ4n) is 2.25. The molecule has 0 saturated heterocycles. The van der Waals surface area contributed by atoms with Crippen LogP contribution in [0.4, 0.5) is 0 Å². The monoisotopic (exact) mass is 264 g/mol. The first-order valence-electron chi connectivity index (χ1n) is 6.16. The summed E-state index contributed by atoms with van der Waals surface area (Å²) in [5.74, 6) is 0. The predicted octanol–water partition coefficient (Wildman–Crippen LogP) is 1.90. The molecule has 0 aliphatic carbocycles. The van der Waals surface area contributed by atoms with Crippen molar-refractivity contribution in [3.05, 3.63) is 58.3 Å². The molecule has 2 aromatic heterocycles. The summed E-state index contributed by atoms with van der Waals surface area (Å²) in [7, 11) is 1.72. The topological polar surface area (TPSA) is 63.6 Å². The largest absolute Gasteiger partial charge is 0.333 e.